The molecule has 0 fully saturated rings. The van der Waals surface area contributed by atoms with Crippen LogP contribution in [0.25, 0.3) is 10.9 Å². The van der Waals surface area contributed by atoms with Gasteiger partial charge in [0.25, 0.3) is 6.47 Å². The first-order valence-corrected chi connectivity index (χ1v) is 5.28. The average molecular weight is 236 g/mol. The molecule has 0 saturated heterocycles. The number of halogens is 1. The van der Waals surface area contributed by atoms with Gasteiger partial charge in [-0.15, -0.1) is 0 Å². The normalized spacial score (nSPS) is 10.3. The maximum atomic E-state index is 10.0. The van der Waals surface area contributed by atoms with Gasteiger partial charge in [-0.05, 0) is 12.1 Å². The Kier molecular flexibility index (Phi) is 3.37. The monoisotopic (exact) mass is 235 g/mol. The van der Waals surface area contributed by atoms with Crippen LogP contribution in [0.4, 0.5) is 0 Å². The Labute approximate surface area is 98.0 Å². The molecule has 0 N–H and O–H groups in total. The van der Waals surface area contributed by atoms with Gasteiger partial charge in [-0.2, -0.15) is 0 Å². The predicted molar refractivity (Wildman–Crippen MR) is 62.5 cm³/mol. The fourth-order valence-electron chi connectivity index (χ4n) is 1.52. The van der Waals surface area contributed by atoms with Gasteiger partial charge in [0, 0.05) is 17.5 Å². The third-order valence-corrected chi connectivity index (χ3v) is 2.58. The quantitative estimate of drug-likeness (QED) is 0.604. The topological polar surface area (TPSA) is 39.2 Å². The Bertz CT molecular complexity index is 513. The summed E-state index contributed by atoms with van der Waals surface area (Å²) in [7, 11) is 0. The van der Waals surface area contributed by atoms with E-state index in [1.165, 1.54) is 0 Å². The van der Waals surface area contributed by atoms with Gasteiger partial charge in [-0.3, -0.25) is 9.78 Å². The number of aromatic nitrogens is 1. The van der Waals surface area contributed by atoms with E-state index in [2.05, 4.69) is 9.72 Å². The molecule has 0 radical (unpaired) electrons. The van der Waals surface area contributed by atoms with Crippen molar-refractivity contribution in [3.05, 3.63) is 41.0 Å². The molecule has 0 aliphatic heterocycles. The van der Waals surface area contributed by atoms with Crippen molar-refractivity contribution < 1.29 is 9.53 Å². The highest BCUT2D eigenvalue weighted by Crippen LogP contribution is 2.22. The minimum Gasteiger partial charge on any atom is -0.467 e. The van der Waals surface area contributed by atoms with Crippen LogP contribution in [0.15, 0.2) is 30.3 Å². The average Bonchev–Trinajstić information content (AvgIpc) is 2.30. The van der Waals surface area contributed by atoms with Crippen LogP contribution in [0, 0.1) is 0 Å². The van der Waals surface area contributed by atoms with Crippen molar-refractivity contribution in [1.29, 1.82) is 0 Å². The molecule has 0 saturated carbocycles. The summed E-state index contributed by atoms with van der Waals surface area (Å²) in [6, 6.07) is 9.47. The molecule has 0 aliphatic carbocycles. The molecule has 0 aliphatic rings. The molecule has 0 atom stereocenters. The lowest BCUT2D eigenvalue weighted by Gasteiger charge is -2.04. The zero-order valence-electron chi connectivity index (χ0n) is 8.52. The number of carbonyl (C=O) groups is 1. The lowest BCUT2D eigenvalue weighted by atomic mass is 10.2. The van der Waals surface area contributed by atoms with Crippen molar-refractivity contribution in [3.63, 3.8) is 0 Å². The van der Waals surface area contributed by atoms with E-state index >= 15 is 0 Å². The zero-order chi connectivity index (χ0) is 11.4. The second-order valence-corrected chi connectivity index (χ2v) is 3.74. The first kappa shape index (κ1) is 10.9. The summed E-state index contributed by atoms with van der Waals surface area (Å²) >= 11 is 6.12. The Hall–Kier alpha value is -1.61. The zero-order valence-corrected chi connectivity index (χ0v) is 9.28. The van der Waals surface area contributed by atoms with Crippen molar-refractivity contribution in [3.8, 4) is 0 Å². The number of nitrogens with zero attached hydrogens (tertiary/aromatic N) is 1. The third-order valence-electron chi connectivity index (χ3n) is 2.26. The van der Waals surface area contributed by atoms with Crippen LogP contribution in [0.1, 0.15) is 5.69 Å². The van der Waals surface area contributed by atoms with Crippen molar-refractivity contribution >= 4 is 29.0 Å². The Morgan fingerprint density at radius 2 is 2.19 bits per heavy atom. The summed E-state index contributed by atoms with van der Waals surface area (Å²) in [5.41, 5.74) is 1.68. The van der Waals surface area contributed by atoms with Gasteiger partial charge >= 0.3 is 0 Å². The van der Waals surface area contributed by atoms with Crippen molar-refractivity contribution in [2.75, 3.05) is 6.61 Å². The number of fused-ring (bicyclic) bond motifs is 1. The number of hydrogen-bond acceptors (Lipinski definition) is 3. The van der Waals surface area contributed by atoms with Crippen LogP contribution in [0.3, 0.4) is 0 Å². The molecule has 0 bridgehead atoms. The Morgan fingerprint density at radius 3 is 3.00 bits per heavy atom. The van der Waals surface area contributed by atoms with E-state index in [0.717, 1.165) is 16.6 Å². The molecule has 2 aromatic rings. The van der Waals surface area contributed by atoms with Gasteiger partial charge in [-0.25, -0.2) is 0 Å². The second kappa shape index (κ2) is 4.94. The summed E-state index contributed by atoms with van der Waals surface area (Å²) in [5, 5.41) is 1.61. The fraction of sp³-hybridized carbons (Fsp3) is 0.167. The molecule has 0 spiro atoms. The highest BCUT2D eigenvalue weighted by molar-refractivity contribution is 6.35. The molecule has 2 rings (SSSR count). The van der Waals surface area contributed by atoms with E-state index in [9.17, 15) is 4.79 Å². The highest BCUT2D eigenvalue weighted by atomic mass is 35.5. The van der Waals surface area contributed by atoms with E-state index in [1.54, 1.807) is 6.07 Å². The Balaban J connectivity index is 2.30. The van der Waals surface area contributed by atoms with Crippen LogP contribution < -0.4 is 0 Å². The van der Waals surface area contributed by atoms with E-state index in [1.807, 2.05) is 24.3 Å². The smallest absolute Gasteiger partial charge is 0.293 e. The van der Waals surface area contributed by atoms with Crippen LogP contribution in [0.2, 0.25) is 5.02 Å². The number of carbonyl (C=O) groups excluding carboxylic acids is 1. The summed E-state index contributed by atoms with van der Waals surface area (Å²) in [6.45, 7) is 0.758. The van der Waals surface area contributed by atoms with E-state index in [4.69, 9.17) is 11.6 Å². The van der Waals surface area contributed by atoms with E-state index in [0.29, 0.717) is 24.5 Å². The molecule has 1 aromatic carbocycles. The summed E-state index contributed by atoms with van der Waals surface area (Å²) in [6.07, 6.45) is 0.573. The maximum Gasteiger partial charge on any atom is 0.293 e. The van der Waals surface area contributed by atoms with Crippen LogP contribution in [-0.2, 0) is 16.0 Å². The summed E-state index contributed by atoms with van der Waals surface area (Å²) in [5.74, 6) is 0. The minimum absolute atomic E-state index is 0.325. The Morgan fingerprint density at radius 1 is 1.38 bits per heavy atom. The van der Waals surface area contributed by atoms with Crippen molar-refractivity contribution in [2.45, 2.75) is 6.42 Å². The van der Waals surface area contributed by atoms with Crippen molar-refractivity contribution in [1.82, 2.24) is 4.98 Å². The van der Waals surface area contributed by atoms with Gasteiger partial charge in [0.1, 0.15) is 0 Å². The number of ether oxygens (including phenoxy) is 1. The highest BCUT2D eigenvalue weighted by Gasteiger charge is 2.03. The SMILES string of the molecule is O=COCCc1cc(Cl)c2ccccc2n1. The van der Waals surface area contributed by atoms with Gasteiger partial charge in [0.05, 0.1) is 17.1 Å². The lowest BCUT2D eigenvalue weighted by molar-refractivity contribution is -0.128. The fourth-order valence-corrected chi connectivity index (χ4v) is 1.81. The maximum absolute atomic E-state index is 10.0. The molecular weight excluding hydrogens is 226 g/mol. The summed E-state index contributed by atoms with van der Waals surface area (Å²) in [4.78, 5) is 14.4. The number of rotatable bonds is 4. The standard InChI is InChI=1S/C12H10ClNO2/c13-11-7-9(5-6-16-8-15)14-12-4-2-1-3-10(11)12/h1-4,7-8H,5-6H2. The van der Waals surface area contributed by atoms with Gasteiger partial charge in [0.15, 0.2) is 0 Å². The van der Waals surface area contributed by atoms with Crippen LogP contribution in [0.5, 0.6) is 0 Å². The summed E-state index contributed by atoms with van der Waals surface area (Å²) < 4.78 is 4.63. The first-order valence-electron chi connectivity index (χ1n) is 4.90. The van der Waals surface area contributed by atoms with E-state index < -0.39 is 0 Å². The molecule has 3 nitrogen and oxygen atoms in total. The molecule has 0 amide bonds. The molecule has 4 heteroatoms. The van der Waals surface area contributed by atoms with Gasteiger partial charge < -0.3 is 4.74 Å². The lowest BCUT2D eigenvalue weighted by Crippen LogP contribution is -1.99. The minimum atomic E-state index is 0.325. The number of hydrogen-bond donors (Lipinski definition) is 0. The molecule has 0 unspecified atom stereocenters. The number of pyridine rings is 1. The second-order valence-electron chi connectivity index (χ2n) is 3.33. The molecule has 82 valence electrons. The first-order chi connectivity index (χ1) is 7.81. The van der Waals surface area contributed by atoms with Crippen molar-refractivity contribution in [2.24, 2.45) is 0 Å². The van der Waals surface area contributed by atoms with Crippen LogP contribution >= 0.6 is 11.6 Å². The predicted octanol–water partition coefficient (Wildman–Crippen LogP) is 2.60. The number of para-hydroxylation sites is 1. The van der Waals surface area contributed by atoms with Gasteiger partial charge in [-0.1, -0.05) is 29.8 Å². The molecule has 1 aromatic heterocycles. The van der Waals surface area contributed by atoms with Crippen LogP contribution in [-0.4, -0.2) is 18.1 Å². The van der Waals surface area contributed by atoms with Gasteiger partial charge in [0.2, 0.25) is 0 Å². The largest absolute Gasteiger partial charge is 0.467 e. The molecule has 16 heavy (non-hydrogen) atoms. The molecular formula is C12H10ClNO2. The third kappa shape index (κ3) is 2.31. The molecule has 1 heterocycles. The number of benzene rings is 1. The van der Waals surface area contributed by atoms with E-state index in [-0.39, 0.29) is 0 Å².